The van der Waals surface area contributed by atoms with E-state index in [1.807, 2.05) is 38.1 Å². The average molecular weight is 483 g/mol. The summed E-state index contributed by atoms with van der Waals surface area (Å²) in [6.07, 6.45) is 2.22. The van der Waals surface area contributed by atoms with E-state index in [4.69, 9.17) is 24.0 Å². The minimum absolute atomic E-state index is 0.180. The Morgan fingerprint density at radius 2 is 2.00 bits per heavy atom. The van der Waals surface area contributed by atoms with Crippen LogP contribution in [0.4, 0.5) is 0 Å². The van der Waals surface area contributed by atoms with Crippen molar-refractivity contribution >= 4 is 0 Å². The van der Waals surface area contributed by atoms with Crippen molar-refractivity contribution in [3.63, 3.8) is 0 Å². The lowest BCUT2D eigenvalue weighted by Gasteiger charge is -2.23. The van der Waals surface area contributed by atoms with Gasteiger partial charge in [0, 0.05) is 31.0 Å². The topological polar surface area (TPSA) is 123 Å². The van der Waals surface area contributed by atoms with Gasteiger partial charge in [0.2, 0.25) is 0 Å². The molecule has 0 spiro atoms. The molecule has 1 aliphatic heterocycles. The van der Waals surface area contributed by atoms with Gasteiger partial charge in [-0.1, -0.05) is 17.3 Å². The number of ether oxygens (including phenoxy) is 2. The maximum absolute atomic E-state index is 9.98. The number of rotatable bonds is 10. The van der Waals surface area contributed by atoms with Crippen molar-refractivity contribution < 1.29 is 24.2 Å². The van der Waals surface area contributed by atoms with Crippen molar-refractivity contribution in [2.75, 3.05) is 33.4 Å². The van der Waals surface area contributed by atoms with Crippen molar-refractivity contribution in [1.29, 1.82) is 0 Å². The van der Waals surface area contributed by atoms with E-state index in [9.17, 15) is 10.2 Å². The molecule has 0 amide bonds. The second kappa shape index (κ2) is 11.7. The van der Waals surface area contributed by atoms with E-state index in [-0.39, 0.29) is 13.2 Å². The highest BCUT2D eigenvalue weighted by atomic mass is 16.5. The van der Waals surface area contributed by atoms with Gasteiger partial charge >= 0.3 is 0 Å². The molecule has 3 N–H and O–H groups in total. The Labute approximate surface area is 205 Å². The fourth-order valence-corrected chi connectivity index (χ4v) is 4.40. The predicted molar refractivity (Wildman–Crippen MR) is 131 cm³/mol. The minimum Gasteiger partial charge on any atom is -0.491 e. The standard InChI is InChI=1S/C26H34N4O5/c1-16-22(11-18-7-9-33-10-8-18)28-26(29-25(16)24-17(2)30-35-23(24)14-31)19-5-4-6-21(12-19)34-15-20(32)13-27-3/h4-6,12,18,20,27,31-32H,7-11,13-15H2,1-3H3. The third-order valence-corrected chi connectivity index (χ3v) is 6.36. The van der Waals surface area contributed by atoms with Gasteiger partial charge in [0.25, 0.3) is 0 Å². The molecule has 188 valence electrons. The lowest BCUT2D eigenvalue weighted by molar-refractivity contribution is 0.0662. The van der Waals surface area contributed by atoms with Gasteiger partial charge in [-0.25, -0.2) is 9.97 Å². The Hall–Kier alpha value is -2.85. The lowest BCUT2D eigenvalue weighted by atomic mass is 9.92. The van der Waals surface area contributed by atoms with E-state index in [2.05, 4.69) is 10.5 Å². The number of aromatic nitrogens is 3. The lowest BCUT2D eigenvalue weighted by Crippen LogP contribution is -2.29. The van der Waals surface area contributed by atoms with Crippen LogP contribution in [0.25, 0.3) is 22.6 Å². The molecule has 2 aromatic heterocycles. The summed E-state index contributed by atoms with van der Waals surface area (Å²) >= 11 is 0. The van der Waals surface area contributed by atoms with E-state index in [1.54, 1.807) is 7.05 Å². The Morgan fingerprint density at radius 1 is 1.20 bits per heavy atom. The highest BCUT2D eigenvalue weighted by molar-refractivity contribution is 5.71. The molecule has 0 bridgehead atoms. The molecule has 3 aromatic rings. The second-order valence-electron chi connectivity index (χ2n) is 9.00. The first-order valence-corrected chi connectivity index (χ1v) is 12.1. The molecule has 0 aliphatic carbocycles. The molecule has 9 nitrogen and oxygen atoms in total. The Kier molecular flexibility index (Phi) is 8.46. The van der Waals surface area contributed by atoms with Crippen LogP contribution in [0.3, 0.4) is 0 Å². The summed E-state index contributed by atoms with van der Waals surface area (Å²) in [5.74, 6) is 2.08. The number of hydrogen-bond acceptors (Lipinski definition) is 9. The van der Waals surface area contributed by atoms with Gasteiger partial charge in [0.1, 0.15) is 25.1 Å². The zero-order valence-corrected chi connectivity index (χ0v) is 20.6. The summed E-state index contributed by atoms with van der Waals surface area (Å²) in [4.78, 5) is 9.89. The molecular formula is C26H34N4O5. The molecule has 1 aliphatic rings. The van der Waals surface area contributed by atoms with Crippen LogP contribution in [0.1, 0.15) is 35.6 Å². The number of nitrogens with zero attached hydrogens (tertiary/aromatic N) is 3. The molecular weight excluding hydrogens is 448 g/mol. The Morgan fingerprint density at radius 3 is 2.74 bits per heavy atom. The quantitative estimate of drug-likeness (QED) is 0.400. The van der Waals surface area contributed by atoms with Gasteiger partial charge in [0.05, 0.1) is 17.0 Å². The number of nitrogens with one attached hydrogen (secondary N) is 1. The minimum atomic E-state index is -0.606. The van der Waals surface area contributed by atoms with Gasteiger partial charge in [-0.2, -0.15) is 0 Å². The fourth-order valence-electron chi connectivity index (χ4n) is 4.40. The SMILES string of the molecule is CNCC(O)COc1cccc(-c2nc(CC3CCOCC3)c(C)c(-c3c(C)noc3CO)n2)c1. The van der Waals surface area contributed by atoms with Crippen molar-refractivity contribution in [3.8, 4) is 28.4 Å². The van der Waals surface area contributed by atoms with Crippen molar-refractivity contribution in [2.24, 2.45) is 5.92 Å². The molecule has 1 saturated heterocycles. The largest absolute Gasteiger partial charge is 0.491 e. The van der Waals surface area contributed by atoms with E-state index < -0.39 is 6.10 Å². The number of likely N-dealkylation sites (N-methyl/N-ethyl adjacent to an activating group) is 1. The highest BCUT2D eigenvalue weighted by Crippen LogP contribution is 2.34. The maximum atomic E-state index is 9.98. The number of aliphatic hydroxyl groups is 2. The first-order chi connectivity index (χ1) is 17.0. The average Bonchev–Trinajstić information content (AvgIpc) is 3.25. The summed E-state index contributed by atoms with van der Waals surface area (Å²) in [7, 11) is 1.79. The molecule has 3 heterocycles. The molecule has 4 rings (SSSR count). The molecule has 1 aromatic carbocycles. The van der Waals surface area contributed by atoms with E-state index in [0.717, 1.165) is 55.0 Å². The number of aliphatic hydroxyl groups excluding tert-OH is 2. The maximum Gasteiger partial charge on any atom is 0.171 e. The van der Waals surface area contributed by atoms with E-state index >= 15 is 0 Å². The van der Waals surface area contributed by atoms with Gasteiger partial charge in [-0.15, -0.1) is 0 Å². The Balaban J connectivity index is 1.73. The third-order valence-electron chi connectivity index (χ3n) is 6.36. The van der Waals surface area contributed by atoms with Crippen LogP contribution in [-0.4, -0.2) is 64.9 Å². The van der Waals surface area contributed by atoms with Crippen LogP contribution in [-0.2, 0) is 17.8 Å². The van der Waals surface area contributed by atoms with Crippen LogP contribution in [0.15, 0.2) is 28.8 Å². The zero-order valence-electron chi connectivity index (χ0n) is 20.6. The normalized spacial score (nSPS) is 15.3. The van der Waals surface area contributed by atoms with Crippen molar-refractivity contribution in [2.45, 2.75) is 45.8 Å². The Bertz CT molecular complexity index is 1130. The summed E-state index contributed by atoms with van der Waals surface area (Å²) in [5.41, 5.74) is 4.84. The van der Waals surface area contributed by atoms with Gasteiger partial charge < -0.3 is 29.5 Å². The van der Waals surface area contributed by atoms with Crippen molar-refractivity contribution in [1.82, 2.24) is 20.4 Å². The molecule has 1 atom stereocenters. The highest BCUT2D eigenvalue weighted by Gasteiger charge is 2.24. The van der Waals surface area contributed by atoms with Crippen LogP contribution in [0, 0.1) is 19.8 Å². The fraction of sp³-hybridized carbons (Fsp3) is 0.500. The first-order valence-electron chi connectivity index (χ1n) is 12.1. The number of aryl methyl sites for hydroxylation is 1. The zero-order chi connectivity index (χ0) is 24.8. The number of hydrogen-bond donors (Lipinski definition) is 3. The molecule has 0 saturated carbocycles. The monoisotopic (exact) mass is 482 g/mol. The molecule has 1 unspecified atom stereocenters. The van der Waals surface area contributed by atoms with Gasteiger partial charge in [-0.05, 0) is 63.8 Å². The van der Waals surface area contributed by atoms with Gasteiger partial charge in [0.15, 0.2) is 11.6 Å². The van der Waals surface area contributed by atoms with Crippen molar-refractivity contribution in [3.05, 3.63) is 47.0 Å². The van der Waals surface area contributed by atoms with E-state index in [1.165, 1.54) is 0 Å². The third kappa shape index (κ3) is 6.05. The van der Waals surface area contributed by atoms with Gasteiger partial charge in [-0.3, -0.25) is 0 Å². The summed E-state index contributed by atoms with van der Waals surface area (Å²) in [5, 5.41) is 26.8. The molecule has 9 heteroatoms. The van der Waals surface area contributed by atoms with Crippen LogP contribution >= 0.6 is 0 Å². The van der Waals surface area contributed by atoms with E-state index in [0.29, 0.717) is 41.1 Å². The molecule has 1 fully saturated rings. The predicted octanol–water partition coefficient (Wildman–Crippen LogP) is 2.84. The van der Waals surface area contributed by atoms with Crippen LogP contribution < -0.4 is 10.1 Å². The van der Waals surface area contributed by atoms with Crippen LogP contribution in [0.5, 0.6) is 5.75 Å². The second-order valence-corrected chi connectivity index (χ2v) is 9.00. The molecule has 35 heavy (non-hydrogen) atoms. The first kappa shape index (κ1) is 25.2. The summed E-state index contributed by atoms with van der Waals surface area (Å²) in [6, 6.07) is 7.56. The summed E-state index contributed by atoms with van der Waals surface area (Å²) in [6.45, 7) is 5.78. The summed E-state index contributed by atoms with van der Waals surface area (Å²) < 4.78 is 16.7. The van der Waals surface area contributed by atoms with Crippen LogP contribution in [0.2, 0.25) is 0 Å². The number of benzene rings is 1. The molecule has 0 radical (unpaired) electrons. The smallest absolute Gasteiger partial charge is 0.171 e.